The third-order valence-corrected chi connectivity index (χ3v) is 6.48. The number of halogens is 1. The van der Waals surface area contributed by atoms with Crippen molar-refractivity contribution in [2.45, 2.75) is 52.7 Å². The lowest BCUT2D eigenvalue weighted by Crippen LogP contribution is -2.53. The van der Waals surface area contributed by atoms with Gasteiger partial charge >= 0.3 is 0 Å². The number of amides is 2. The molecule has 0 aromatic heterocycles. The maximum absolute atomic E-state index is 13.6. The third-order valence-electron chi connectivity index (χ3n) is 5.12. The second-order valence-electron chi connectivity index (χ2n) is 8.30. The second kappa shape index (κ2) is 11.5. The maximum atomic E-state index is 13.6. The average molecular weight is 494 g/mol. The van der Waals surface area contributed by atoms with Crippen molar-refractivity contribution in [2.75, 3.05) is 17.1 Å². The van der Waals surface area contributed by atoms with Crippen molar-refractivity contribution < 1.29 is 18.0 Å². The summed E-state index contributed by atoms with van der Waals surface area (Å²) < 4.78 is 26.4. The van der Waals surface area contributed by atoms with Gasteiger partial charge in [-0.25, -0.2) is 8.42 Å². The van der Waals surface area contributed by atoms with E-state index in [0.717, 1.165) is 16.1 Å². The van der Waals surface area contributed by atoms with Crippen LogP contribution in [0.5, 0.6) is 0 Å². The lowest BCUT2D eigenvalue weighted by atomic mass is 10.1. The third kappa shape index (κ3) is 7.47. The molecule has 2 aromatic carbocycles. The predicted octanol–water partition coefficient (Wildman–Crippen LogP) is 3.75. The van der Waals surface area contributed by atoms with Gasteiger partial charge in [-0.05, 0) is 56.5 Å². The van der Waals surface area contributed by atoms with E-state index in [4.69, 9.17) is 11.6 Å². The molecule has 0 aliphatic rings. The van der Waals surface area contributed by atoms with Crippen LogP contribution in [0.1, 0.15) is 38.3 Å². The van der Waals surface area contributed by atoms with Gasteiger partial charge in [0.05, 0.1) is 11.9 Å². The number of sulfonamides is 1. The zero-order valence-corrected chi connectivity index (χ0v) is 21.3. The van der Waals surface area contributed by atoms with Gasteiger partial charge in [-0.1, -0.05) is 48.9 Å². The summed E-state index contributed by atoms with van der Waals surface area (Å²) in [7, 11) is -3.78. The van der Waals surface area contributed by atoms with Gasteiger partial charge in [0.15, 0.2) is 0 Å². The molecule has 0 aliphatic heterocycles. The number of carbonyl (C=O) groups excluding carboxylic acids is 2. The zero-order chi connectivity index (χ0) is 24.8. The van der Waals surface area contributed by atoms with Gasteiger partial charge in [-0.15, -0.1) is 0 Å². The molecule has 180 valence electrons. The summed E-state index contributed by atoms with van der Waals surface area (Å²) in [5, 5.41) is 3.34. The van der Waals surface area contributed by atoms with Crippen molar-refractivity contribution in [1.82, 2.24) is 10.2 Å². The van der Waals surface area contributed by atoms with Crippen LogP contribution in [-0.4, -0.2) is 50.0 Å². The topological polar surface area (TPSA) is 86.8 Å². The van der Waals surface area contributed by atoms with Crippen molar-refractivity contribution in [2.24, 2.45) is 0 Å². The smallest absolute Gasteiger partial charge is 0.244 e. The summed E-state index contributed by atoms with van der Waals surface area (Å²) in [6.45, 7) is 7.01. The van der Waals surface area contributed by atoms with Crippen LogP contribution in [-0.2, 0) is 26.2 Å². The number of aryl methyl sites for hydroxylation is 1. The minimum absolute atomic E-state index is 0.0931. The van der Waals surface area contributed by atoms with E-state index in [1.54, 1.807) is 25.1 Å². The molecule has 2 rings (SSSR count). The van der Waals surface area contributed by atoms with Gasteiger partial charge in [-0.3, -0.25) is 13.9 Å². The van der Waals surface area contributed by atoms with Crippen LogP contribution in [0.3, 0.4) is 0 Å². The van der Waals surface area contributed by atoms with E-state index in [1.165, 1.54) is 4.90 Å². The summed E-state index contributed by atoms with van der Waals surface area (Å²) in [4.78, 5) is 27.9. The zero-order valence-electron chi connectivity index (χ0n) is 19.7. The summed E-state index contributed by atoms with van der Waals surface area (Å²) in [6, 6.07) is 13.3. The van der Waals surface area contributed by atoms with Crippen LogP contribution in [0.4, 0.5) is 5.69 Å². The molecule has 0 heterocycles. The van der Waals surface area contributed by atoms with Gasteiger partial charge in [0, 0.05) is 17.6 Å². The minimum Gasteiger partial charge on any atom is -0.352 e. The highest BCUT2D eigenvalue weighted by Gasteiger charge is 2.32. The molecule has 2 amide bonds. The molecule has 0 aliphatic carbocycles. The van der Waals surface area contributed by atoms with Crippen LogP contribution in [0.15, 0.2) is 48.5 Å². The van der Waals surface area contributed by atoms with Crippen LogP contribution in [0.2, 0.25) is 5.02 Å². The average Bonchev–Trinajstić information content (AvgIpc) is 2.71. The van der Waals surface area contributed by atoms with E-state index in [9.17, 15) is 18.0 Å². The number of nitrogens with one attached hydrogen (secondary N) is 1. The van der Waals surface area contributed by atoms with Crippen LogP contribution in [0, 0.1) is 6.92 Å². The second-order valence-corrected chi connectivity index (χ2v) is 10.6. The first-order valence-electron chi connectivity index (χ1n) is 10.8. The van der Waals surface area contributed by atoms with Gasteiger partial charge in [0.1, 0.15) is 12.6 Å². The van der Waals surface area contributed by atoms with E-state index in [0.29, 0.717) is 22.7 Å². The molecule has 7 nitrogen and oxygen atoms in total. The standard InChI is InChI=1S/C24H32ClN3O4S/c1-6-21(24(30)26-17(2)3)27(15-19-10-8-7-9-11-19)23(29)16-28(33(5,31)32)22-13-12-20(25)14-18(22)4/h7-14,17,21H,6,15-16H2,1-5H3,(H,26,30)/t21-/m1/s1. The number of hydrogen-bond donors (Lipinski definition) is 1. The fraction of sp³-hybridized carbons (Fsp3) is 0.417. The minimum atomic E-state index is -3.78. The predicted molar refractivity (Wildman–Crippen MR) is 133 cm³/mol. The lowest BCUT2D eigenvalue weighted by molar-refractivity contribution is -0.140. The quantitative estimate of drug-likeness (QED) is 0.546. The molecule has 0 spiro atoms. The highest BCUT2D eigenvalue weighted by molar-refractivity contribution is 7.92. The molecule has 0 unspecified atom stereocenters. The lowest BCUT2D eigenvalue weighted by Gasteiger charge is -2.33. The maximum Gasteiger partial charge on any atom is 0.244 e. The summed E-state index contributed by atoms with van der Waals surface area (Å²) >= 11 is 6.03. The van der Waals surface area contributed by atoms with Crippen molar-refractivity contribution >= 4 is 39.1 Å². The Balaban J connectivity index is 2.45. The molecule has 9 heteroatoms. The Kier molecular flexibility index (Phi) is 9.31. The van der Waals surface area contributed by atoms with E-state index in [-0.39, 0.29) is 18.5 Å². The molecule has 1 atom stereocenters. The molecule has 2 aromatic rings. The molecule has 33 heavy (non-hydrogen) atoms. The normalized spacial score (nSPS) is 12.3. The summed E-state index contributed by atoms with van der Waals surface area (Å²) in [5.41, 5.74) is 1.84. The van der Waals surface area contributed by atoms with Crippen LogP contribution >= 0.6 is 11.6 Å². The van der Waals surface area contributed by atoms with Crippen molar-refractivity contribution in [1.29, 1.82) is 0 Å². The first kappa shape index (κ1) is 26.7. The van der Waals surface area contributed by atoms with E-state index >= 15 is 0 Å². The van der Waals surface area contributed by atoms with Gasteiger partial charge < -0.3 is 10.2 Å². The van der Waals surface area contributed by atoms with Gasteiger partial charge in [0.2, 0.25) is 21.8 Å². The van der Waals surface area contributed by atoms with E-state index in [2.05, 4.69) is 5.32 Å². The Morgan fingerprint density at radius 2 is 1.73 bits per heavy atom. The summed E-state index contributed by atoms with van der Waals surface area (Å²) in [6.07, 6.45) is 1.44. The molecular weight excluding hydrogens is 462 g/mol. The summed E-state index contributed by atoms with van der Waals surface area (Å²) in [5.74, 6) is -0.741. The molecule has 0 bridgehead atoms. The molecular formula is C24H32ClN3O4S. The Morgan fingerprint density at radius 3 is 2.24 bits per heavy atom. The van der Waals surface area contributed by atoms with Crippen molar-refractivity contribution in [3.05, 3.63) is 64.7 Å². The fourth-order valence-electron chi connectivity index (χ4n) is 3.57. The van der Waals surface area contributed by atoms with Crippen LogP contribution in [0.25, 0.3) is 0 Å². The monoisotopic (exact) mass is 493 g/mol. The first-order valence-corrected chi connectivity index (χ1v) is 13.0. The number of rotatable bonds is 10. The van der Waals surface area contributed by atoms with Crippen molar-refractivity contribution in [3.63, 3.8) is 0 Å². The van der Waals surface area contributed by atoms with Gasteiger partial charge in [0.25, 0.3) is 0 Å². The molecule has 0 radical (unpaired) electrons. The van der Waals surface area contributed by atoms with E-state index in [1.807, 2.05) is 51.1 Å². The van der Waals surface area contributed by atoms with Crippen molar-refractivity contribution in [3.8, 4) is 0 Å². The first-order chi connectivity index (χ1) is 15.4. The number of benzene rings is 2. The molecule has 1 N–H and O–H groups in total. The number of hydrogen-bond acceptors (Lipinski definition) is 4. The molecule has 0 fully saturated rings. The van der Waals surface area contributed by atoms with E-state index < -0.39 is 28.5 Å². The Hall–Kier alpha value is -2.58. The highest BCUT2D eigenvalue weighted by Crippen LogP contribution is 2.26. The molecule has 0 saturated carbocycles. The molecule has 0 saturated heterocycles. The highest BCUT2D eigenvalue weighted by atomic mass is 35.5. The Morgan fingerprint density at radius 1 is 1.09 bits per heavy atom. The van der Waals surface area contributed by atoms with Crippen LogP contribution < -0.4 is 9.62 Å². The number of nitrogens with zero attached hydrogens (tertiary/aromatic N) is 2. The number of carbonyl (C=O) groups is 2. The largest absolute Gasteiger partial charge is 0.352 e. The van der Waals surface area contributed by atoms with Gasteiger partial charge in [-0.2, -0.15) is 0 Å². The Bertz CT molecular complexity index is 1070. The SMILES string of the molecule is CC[C@H](C(=O)NC(C)C)N(Cc1ccccc1)C(=O)CN(c1ccc(Cl)cc1C)S(C)(=O)=O. The fourth-order valence-corrected chi connectivity index (χ4v) is 4.71. The Labute approximate surface area is 201 Å². The number of anilines is 1.